The summed E-state index contributed by atoms with van der Waals surface area (Å²) in [5, 5.41) is 14.4. The minimum absolute atomic E-state index is 0.0980. The third kappa shape index (κ3) is 5.18. The zero-order valence-electron chi connectivity index (χ0n) is 14.3. The van der Waals surface area contributed by atoms with Crippen LogP contribution in [0.4, 0.5) is 5.69 Å². The van der Waals surface area contributed by atoms with Gasteiger partial charge in [0, 0.05) is 24.8 Å². The molecule has 0 saturated carbocycles. The normalized spacial score (nSPS) is 12.5. The van der Waals surface area contributed by atoms with Gasteiger partial charge in [-0.25, -0.2) is 0 Å². The van der Waals surface area contributed by atoms with Crippen LogP contribution < -0.4 is 5.32 Å². The van der Waals surface area contributed by atoms with Crippen molar-refractivity contribution in [3.8, 4) is 0 Å². The summed E-state index contributed by atoms with van der Waals surface area (Å²) in [6, 6.07) is 8.91. The topological polar surface area (TPSA) is 77.5 Å². The maximum Gasteiger partial charge on any atom is 0.272 e. The third-order valence-corrected chi connectivity index (χ3v) is 3.65. The van der Waals surface area contributed by atoms with Crippen molar-refractivity contribution in [3.05, 3.63) is 63.6 Å². The van der Waals surface area contributed by atoms with Crippen molar-refractivity contribution in [2.45, 2.75) is 33.4 Å². The van der Waals surface area contributed by atoms with Crippen molar-refractivity contribution < 1.29 is 14.1 Å². The van der Waals surface area contributed by atoms with E-state index in [1.54, 1.807) is 25.3 Å². The summed E-state index contributed by atoms with van der Waals surface area (Å²) in [6.07, 6.45) is 1.63. The number of nitro benzene ring substituents is 1. The molecule has 2 aromatic rings. The van der Waals surface area contributed by atoms with E-state index in [4.69, 9.17) is 9.15 Å². The smallest absolute Gasteiger partial charge is 0.272 e. The molecule has 1 atom stereocenters. The lowest BCUT2D eigenvalue weighted by Crippen LogP contribution is -2.25. The molecule has 0 fully saturated rings. The van der Waals surface area contributed by atoms with E-state index >= 15 is 0 Å². The van der Waals surface area contributed by atoms with Gasteiger partial charge in [-0.15, -0.1) is 0 Å². The Morgan fingerprint density at radius 3 is 2.71 bits per heavy atom. The minimum atomic E-state index is -0.353. The molecule has 1 unspecified atom stereocenters. The van der Waals surface area contributed by atoms with E-state index in [-0.39, 0.29) is 16.7 Å². The van der Waals surface area contributed by atoms with Crippen molar-refractivity contribution in [3.63, 3.8) is 0 Å². The Bertz CT molecular complexity index is 653. The second kappa shape index (κ2) is 8.61. The molecule has 1 aromatic carbocycles. The standard InChI is InChI=1S/C18H24N2O4/c1-13(2)11-23-12-16(18-5-4-8-24-18)19-10-15-7-6-14(3)17(9-15)20(21)22/h4-9,13,16,19H,10-12H2,1-3H3. The van der Waals surface area contributed by atoms with Crippen molar-refractivity contribution >= 4 is 5.69 Å². The first kappa shape index (κ1) is 18.2. The summed E-state index contributed by atoms with van der Waals surface area (Å²) in [5.74, 6) is 1.25. The molecule has 0 saturated heterocycles. The van der Waals surface area contributed by atoms with Gasteiger partial charge >= 0.3 is 0 Å². The molecular formula is C18H24N2O4. The molecule has 6 heteroatoms. The van der Waals surface area contributed by atoms with Crippen LogP contribution in [-0.4, -0.2) is 18.1 Å². The summed E-state index contributed by atoms with van der Waals surface area (Å²) >= 11 is 0. The maximum absolute atomic E-state index is 11.1. The van der Waals surface area contributed by atoms with Crippen molar-refractivity contribution in [1.82, 2.24) is 5.32 Å². The van der Waals surface area contributed by atoms with Gasteiger partial charge in [0.1, 0.15) is 5.76 Å². The molecular weight excluding hydrogens is 308 g/mol. The molecule has 1 aromatic heterocycles. The number of nitrogens with zero attached hydrogens (tertiary/aromatic N) is 1. The largest absolute Gasteiger partial charge is 0.468 e. The molecule has 0 aliphatic rings. The number of ether oxygens (including phenoxy) is 1. The number of aryl methyl sites for hydroxylation is 1. The number of nitro groups is 1. The van der Waals surface area contributed by atoms with E-state index in [2.05, 4.69) is 19.2 Å². The monoisotopic (exact) mass is 332 g/mol. The average Bonchev–Trinajstić information content (AvgIpc) is 3.05. The number of hydrogen-bond acceptors (Lipinski definition) is 5. The lowest BCUT2D eigenvalue weighted by atomic mass is 10.1. The van der Waals surface area contributed by atoms with E-state index in [1.807, 2.05) is 18.2 Å². The van der Waals surface area contributed by atoms with Crippen LogP contribution in [0.2, 0.25) is 0 Å². The molecule has 0 amide bonds. The zero-order chi connectivity index (χ0) is 17.5. The first-order valence-electron chi connectivity index (χ1n) is 8.05. The van der Waals surface area contributed by atoms with Gasteiger partial charge in [-0.05, 0) is 30.5 Å². The van der Waals surface area contributed by atoms with Crippen LogP contribution >= 0.6 is 0 Å². The predicted octanol–water partition coefficient (Wildman–Crippen LogP) is 4.00. The van der Waals surface area contributed by atoms with Crippen molar-refractivity contribution in [1.29, 1.82) is 0 Å². The molecule has 0 radical (unpaired) electrons. The fraction of sp³-hybridized carbons (Fsp3) is 0.444. The first-order chi connectivity index (χ1) is 11.5. The number of hydrogen-bond donors (Lipinski definition) is 1. The summed E-state index contributed by atoms with van der Waals surface area (Å²) in [7, 11) is 0. The average molecular weight is 332 g/mol. The lowest BCUT2D eigenvalue weighted by Gasteiger charge is -2.18. The highest BCUT2D eigenvalue weighted by Crippen LogP contribution is 2.20. The van der Waals surface area contributed by atoms with E-state index in [0.717, 1.165) is 11.3 Å². The SMILES string of the molecule is Cc1ccc(CNC(COCC(C)C)c2ccco2)cc1[N+](=O)[O-]. The van der Waals surface area contributed by atoms with Gasteiger partial charge in [-0.3, -0.25) is 10.1 Å². The van der Waals surface area contributed by atoms with Gasteiger partial charge < -0.3 is 14.5 Å². The van der Waals surface area contributed by atoms with Gasteiger partial charge in [-0.1, -0.05) is 26.0 Å². The van der Waals surface area contributed by atoms with E-state index in [0.29, 0.717) is 31.2 Å². The molecule has 0 aliphatic carbocycles. The maximum atomic E-state index is 11.1. The highest BCUT2D eigenvalue weighted by atomic mass is 16.6. The van der Waals surface area contributed by atoms with Crippen LogP contribution in [-0.2, 0) is 11.3 Å². The van der Waals surface area contributed by atoms with Gasteiger partial charge in [-0.2, -0.15) is 0 Å². The molecule has 0 spiro atoms. The van der Waals surface area contributed by atoms with E-state index < -0.39 is 0 Å². The van der Waals surface area contributed by atoms with Gasteiger partial charge in [0.2, 0.25) is 0 Å². The first-order valence-corrected chi connectivity index (χ1v) is 8.05. The number of benzene rings is 1. The van der Waals surface area contributed by atoms with Gasteiger partial charge in [0.05, 0.1) is 23.8 Å². The quantitative estimate of drug-likeness (QED) is 0.555. The van der Waals surface area contributed by atoms with Gasteiger partial charge in [0.15, 0.2) is 0 Å². The Balaban J connectivity index is 2.02. The Hall–Kier alpha value is -2.18. The third-order valence-electron chi connectivity index (χ3n) is 3.65. The number of rotatable bonds is 9. The Morgan fingerprint density at radius 2 is 2.08 bits per heavy atom. The van der Waals surface area contributed by atoms with Crippen LogP contribution in [0.5, 0.6) is 0 Å². The molecule has 1 heterocycles. The molecule has 0 aliphatic heterocycles. The summed E-state index contributed by atoms with van der Waals surface area (Å²) in [6.45, 7) is 7.59. The van der Waals surface area contributed by atoms with Crippen LogP contribution in [0, 0.1) is 23.0 Å². The van der Waals surface area contributed by atoms with Crippen molar-refractivity contribution in [2.75, 3.05) is 13.2 Å². The summed E-state index contributed by atoms with van der Waals surface area (Å²) < 4.78 is 11.2. The zero-order valence-corrected chi connectivity index (χ0v) is 14.3. The van der Waals surface area contributed by atoms with Gasteiger partial charge in [0.25, 0.3) is 5.69 Å². The summed E-state index contributed by atoms with van der Waals surface area (Å²) in [4.78, 5) is 10.7. The van der Waals surface area contributed by atoms with E-state index in [1.165, 1.54) is 0 Å². The molecule has 6 nitrogen and oxygen atoms in total. The summed E-state index contributed by atoms with van der Waals surface area (Å²) in [5.41, 5.74) is 1.65. The lowest BCUT2D eigenvalue weighted by molar-refractivity contribution is -0.385. The highest BCUT2D eigenvalue weighted by Gasteiger charge is 2.16. The van der Waals surface area contributed by atoms with Crippen LogP contribution in [0.15, 0.2) is 41.0 Å². The Kier molecular flexibility index (Phi) is 6.52. The van der Waals surface area contributed by atoms with Crippen molar-refractivity contribution in [2.24, 2.45) is 5.92 Å². The molecule has 130 valence electrons. The Morgan fingerprint density at radius 1 is 1.29 bits per heavy atom. The fourth-order valence-electron chi connectivity index (χ4n) is 2.36. The van der Waals surface area contributed by atoms with Crippen LogP contribution in [0.1, 0.15) is 36.8 Å². The van der Waals surface area contributed by atoms with Crippen LogP contribution in [0.3, 0.4) is 0 Å². The molecule has 1 N–H and O–H groups in total. The molecule has 2 rings (SSSR count). The second-order valence-electron chi connectivity index (χ2n) is 6.26. The van der Waals surface area contributed by atoms with E-state index in [9.17, 15) is 10.1 Å². The second-order valence-corrected chi connectivity index (χ2v) is 6.26. The van der Waals surface area contributed by atoms with Crippen LogP contribution in [0.25, 0.3) is 0 Å². The highest BCUT2D eigenvalue weighted by molar-refractivity contribution is 5.42. The Labute approximate surface area is 142 Å². The fourth-order valence-corrected chi connectivity index (χ4v) is 2.36. The minimum Gasteiger partial charge on any atom is -0.468 e. The molecule has 24 heavy (non-hydrogen) atoms. The number of nitrogens with one attached hydrogen (secondary N) is 1. The molecule has 0 bridgehead atoms. The predicted molar refractivity (Wildman–Crippen MR) is 91.8 cm³/mol. The number of furan rings is 1.